The predicted octanol–water partition coefficient (Wildman–Crippen LogP) is -2.04. The summed E-state index contributed by atoms with van der Waals surface area (Å²) < 4.78 is 12.6. The fourth-order valence-corrected chi connectivity index (χ4v) is 1.17. The topological polar surface area (TPSA) is 40.1 Å². The molecule has 1 aromatic carbocycles. The van der Waals surface area contributed by atoms with Crippen LogP contribution >= 0.6 is 15.9 Å². The molecule has 0 aromatic heterocycles. The summed E-state index contributed by atoms with van der Waals surface area (Å²) >= 11 is 2.89. The average molecular weight is 257 g/mol. The van der Waals surface area contributed by atoms with Gasteiger partial charge in [0.05, 0.1) is 5.97 Å². The Bertz CT molecular complexity index is 303. The van der Waals surface area contributed by atoms with Crippen LogP contribution in [0.15, 0.2) is 22.7 Å². The maximum Gasteiger partial charge on any atom is 1.00 e. The van der Waals surface area contributed by atoms with Gasteiger partial charge in [0.15, 0.2) is 0 Å². The zero-order valence-electron chi connectivity index (χ0n) is 6.30. The zero-order chi connectivity index (χ0) is 8.43. The van der Waals surface area contributed by atoms with Crippen molar-refractivity contribution in [3.05, 3.63) is 34.1 Å². The van der Waals surface area contributed by atoms with Crippen molar-refractivity contribution in [3.63, 3.8) is 0 Å². The number of rotatable bonds is 1. The third kappa shape index (κ3) is 3.24. The summed E-state index contributed by atoms with van der Waals surface area (Å²) in [5.74, 6) is -1.81. The Balaban J connectivity index is 0.00000121. The van der Waals surface area contributed by atoms with Crippen LogP contribution < -0.4 is 56.5 Å². The molecule has 0 spiro atoms. The van der Waals surface area contributed by atoms with Gasteiger partial charge in [-0.05, 0) is 18.2 Å². The molecule has 12 heavy (non-hydrogen) atoms. The molecule has 1 aromatic rings. The maximum atomic E-state index is 12.4. The normalized spacial score (nSPS) is 8.83. The average Bonchev–Trinajstić information content (AvgIpc) is 1.85. The number of benzene rings is 1. The van der Waals surface area contributed by atoms with E-state index in [0.29, 0.717) is 0 Å². The molecule has 0 atom stereocenters. The van der Waals surface area contributed by atoms with Gasteiger partial charge in [0.2, 0.25) is 0 Å². The fraction of sp³-hybridized carbons (Fsp3) is 0. The van der Waals surface area contributed by atoms with E-state index in [0.717, 1.165) is 18.2 Å². The fourth-order valence-electron chi connectivity index (χ4n) is 0.655. The summed E-state index contributed by atoms with van der Waals surface area (Å²) in [5.41, 5.74) is -0.0496. The number of carbonyl (C=O) groups excluding carboxylic acids is 1. The van der Waals surface area contributed by atoms with Gasteiger partial charge in [-0.15, -0.1) is 0 Å². The van der Waals surface area contributed by atoms with Gasteiger partial charge in [-0.1, -0.05) is 15.9 Å². The van der Waals surface area contributed by atoms with E-state index in [1.807, 2.05) is 0 Å². The molecule has 0 unspecified atom stereocenters. The number of hydrogen-bond acceptors (Lipinski definition) is 2. The number of carboxylic acid groups (broad SMARTS) is 1. The molecule has 0 saturated carbocycles. The molecule has 0 heterocycles. The Hall–Kier alpha value is 0.736. The van der Waals surface area contributed by atoms with Gasteiger partial charge in [0.25, 0.3) is 0 Å². The SMILES string of the molecule is O=C([O-])c1ccc(F)cc1Br.[K+]. The molecule has 58 valence electrons. The van der Waals surface area contributed by atoms with E-state index in [1.54, 1.807) is 0 Å². The van der Waals surface area contributed by atoms with E-state index in [1.165, 1.54) is 0 Å². The second kappa shape index (κ2) is 5.46. The Kier molecular flexibility index (Phi) is 5.80. The van der Waals surface area contributed by atoms with Gasteiger partial charge in [-0.25, -0.2) is 4.39 Å². The van der Waals surface area contributed by atoms with Crippen molar-refractivity contribution in [2.24, 2.45) is 0 Å². The quantitative estimate of drug-likeness (QED) is 0.544. The molecule has 0 aliphatic heterocycles. The maximum absolute atomic E-state index is 12.4. The number of halogens is 2. The van der Waals surface area contributed by atoms with Crippen LogP contribution in [0.5, 0.6) is 0 Å². The molecule has 0 N–H and O–H groups in total. The first-order chi connectivity index (χ1) is 5.11. The standard InChI is InChI=1S/C7H4BrFO2.K/c8-6-3-4(9)1-2-5(6)7(10)11;/h1-3H,(H,10,11);/q;+1/p-1. The van der Waals surface area contributed by atoms with Crippen LogP contribution in [0.3, 0.4) is 0 Å². The second-order valence-corrected chi connectivity index (χ2v) is 2.77. The Morgan fingerprint density at radius 1 is 1.50 bits per heavy atom. The van der Waals surface area contributed by atoms with E-state index in [-0.39, 0.29) is 61.4 Å². The number of hydrogen-bond donors (Lipinski definition) is 0. The van der Waals surface area contributed by atoms with Gasteiger partial charge in [0, 0.05) is 10.0 Å². The molecule has 0 radical (unpaired) electrons. The zero-order valence-corrected chi connectivity index (χ0v) is 11.0. The van der Waals surface area contributed by atoms with Gasteiger partial charge in [0.1, 0.15) is 5.82 Å². The molecule has 0 aliphatic rings. The Morgan fingerprint density at radius 3 is 2.50 bits per heavy atom. The minimum Gasteiger partial charge on any atom is -0.545 e. The van der Waals surface area contributed by atoms with Crippen molar-refractivity contribution in [1.82, 2.24) is 0 Å². The van der Waals surface area contributed by atoms with Crippen LogP contribution in [-0.4, -0.2) is 5.97 Å². The minimum atomic E-state index is -1.32. The Morgan fingerprint density at radius 2 is 2.08 bits per heavy atom. The van der Waals surface area contributed by atoms with Crippen molar-refractivity contribution < 1.29 is 65.7 Å². The third-order valence-electron chi connectivity index (χ3n) is 1.15. The van der Waals surface area contributed by atoms with Crippen molar-refractivity contribution in [2.75, 3.05) is 0 Å². The van der Waals surface area contributed by atoms with Crippen LogP contribution in [0.2, 0.25) is 0 Å². The first-order valence-corrected chi connectivity index (χ1v) is 3.57. The molecule has 0 aliphatic carbocycles. The summed E-state index contributed by atoms with van der Waals surface area (Å²) in [7, 11) is 0. The summed E-state index contributed by atoms with van der Waals surface area (Å²) in [6.45, 7) is 0. The van der Waals surface area contributed by atoms with Crippen molar-refractivity contribution in [1.29, 1.82) is 0 Å². The van der Waals surface area contributed by atoms with Gasteiger partial charge in [-0.3, -0.25) is 0 Å². The summed E-state index contributed by atoms with van der Waals surface area (Å²) in [4.78, 5) is 10.3. The Labute approximate surface area is 120 Å². The first-order valence-electron chi connectivity index (χ1n) is 2.77. The molecular weight excluding hydrogens is 254 g/mol. The van der Waals surface area contributed by atoms with Crippen LogP contribution in [-0.2, 0) is 0 Å². The van der Waals surface area contributed by atoms with Gasteiger partial charge < -0.3 is 9.90 Å². The molecule has 0 fully saturated rings. The molecule has 0 amide bonds. The number of aromatic carboxylic acids is 1. The van der Waals surface area contributed by atoms with Crippen molar-refractivity contribution in [2.45, 2.75) is 0 Å². The third-order valence-corrected chi connectivity index (χ3v) is 1.81. The smallest absolute Gasteiger partial charge is 0.545 e. The first kappa shape index (κ1) is 12.7. The molecule has 0 bridgehead atoms. The predicted molar refractivity (Wildman–Crippen MR) is 38.4 cm³/mol. The van der Waals surface area contributed by atoms with Gasteiger partial charge >= 0.3 is 51.4 Å². The van der Waals surface area contributed by atoms with E-state index in [9.17, 15) is 14.3 Å². The minimum absolute atomic E-state index is 0. The molecular formula is C7H3BrFKO2. The second-order valence-electron chi connectivity index (χ2n) is 1.91. The van der Waals surface area contributed by atoms with Crippen LogP contribution in [0.25, 0.3) is 0 Å². The summed E-state index contributed by atoms with van der Waals surface area (Å²) in [6, 6.07) is 3.29. The molecule has 2 nitrogen and oxygen atoms in total. The number of carbonyl (C=O) groups is 1. The van der Waals surface area contributed by atoms with E-state index in [2.05, 4.69) is 15.9 Å². The monoisotopic (exact) mass is 256 g/mol. The molecule has 5 heteroatoms. The van der Waals surface area contributed by atoms with E-state index >= 15 is 0 Å². The molecule has 1 rings (SSSR count). The van der Waals surface area contributed by atoms with Crippen LogP contribution in [0.1, 0.15) is 10.4 Å². The van der Waals surface area contributed by atoms with E-state index < -0.39 is 11.8 Å². The van der Waals surface area contributed by atoms with E-state index in [4.69, 9.17) is 0 Å². The van der Waals surface area contributed by atoms with Crippen molar-refractivity contribution in [3.8, 4) is 0 Å². The van der Waals surface area contributed by atoms with Crippen LogP contribution in [0, 0.1) is 5.82 Å². The summed E-state index contributed by atoms with van der Waals surface area (Å²) in [5, 5.41) is 10.3. The van der Waals surface area contributed by atoms with Crippen LogP contribution in [0.4, 0.5) is 4.39 Å². The largest absolute Gasteiger partial charge is 1.00 e. The number of carboxylic acids is 1. The van der Waals surface area contributed by atoms with Crippen molar-refractivity contribution >= 4 is 21.9 Å². The molecule has 0 saturated heterocycles. The van der Waals surface area contributed by atoms with Gasteiger partial charge in [-0.2, -0.15) is 0 Å². The summed E-state index contributed by atoms with van der Waals surface area (Å²) in [6.07, 6.45) is 0.